The first-order valence-electron chi connectivity index (χ1n) is 4.72. The minimum atomic E-state index is 0.0474. The van der Waals surface area contributed by atoms with E-state index < -0.39 is 0 Å². The van der Waals surface area contributed by atoms with Crippen LogP contribution in [0.25, 0.3) is 0 Å². The van der Waals surface area contributed by atoms with Crippen LogP contribution >= 0.6 is 11.8 Å². The summed E-state index contributed by atoms with van der Waals surface area (Å²) in [7, 11) is 0. The fourth-order valence-corrected chi connectivity index (χ4v) is 2.48. The van der Waals surface area contributed by atoms with Crippen LogP contribution in [0, 0.1) is 0 Å². The Balaban J connectivity index is 2.07. The van der Waals surface area contributed by atoms with Gasteiger partial charge in [-0.25, -0.2) is 5.32 Å². The molecule has 0 N–H and O–H groups in total. The molecule has 0 spiro atoms. The number of carbonyl (C=O) groups is 1. The maximum absolute atomic E-state index is 11.9. The molecule has 1 fully saturated rings. The van der Waals surface area contributed by atoms with Gasteiger partial charge in [0.1, 0.15) is 0 Å². The number of Topliss-reactive ketones (excluding diaryl/α,β-unsaturated/α-hetero) is 1. The number of rotatable bonds is 2. The normalized spacial score (nSPS) is 21.9. The first-order valence-corrected chi connectivity index (χ1v) is 5.77. The van der Waals surface area contributed by atoms with Crippen LogP contribution in [0.5, 0.6) is 0 Å². The lowest BCUT2D eigenvalue weighted by Gasteiger charge is -2.19. The fraction of sp³-hybridized carbons (Fsp3) is 0.364. The molecule has 73 valence electrons. The molecule has 1 unspecified atom stereocenters. The third-order valence-corrected chi connectivity index (χ3v) is 3.40. The van der Waals surface area contributed by atoms with Gasteiger partial charge in [-0.05, 0) is 0 Å². The molecule has 1 aromatic carbocycles. The molecule has 1 atom stereocenters. The van der Waals surface area contributed by atoms with Gasteiger partial charge in [-0.1, -0.05) is 30.3 Å². The number of hydrogen-bond acceptors (Lipinski definition) is 2. The third-order valence-electron chi connectivity index (χ3n) is 2.21. The van der Waals surface area contributed by atoms with Crippen molar-refractivity contribution in [2.75, 3.05) is 18.8 Å². The quantitative estimate of drug-likeness (QED) is 0.688. The molecule has 0 amide bonds. The Morgan fingerprint density at radius 2 is 2.14 bits per heavy atom. The number of hydrogen-bond donors (Lipinski definition) is 0. The van der Waals surface area contributed by atoms with E-state index in [-0.39, 0.29) is 11.0 Å². The van der Waals surface area contributed by atoms with Gasteiger partial charge in [0.2, 0.25) is 0 Å². The summed E-state index contributed by atoms with van der Waals surface area (Å²) in [5, 5.41) is 4.31. The molecule has 1 radical (unpaired) electrons. The monoisotopic (exact) mass is 206 g/mol. The van der Waals surface area contributed by atoms with Crippen molar-refractivity contribution in [1.82, 2.24) is 5.32 Å². The van der Waals surface area contributed by atoms with Gasteiger partial charge in [0, 0.05) is 24.4 Å². The summed E-state index contributed by atoms with van der Waals surface area (Å²) in [6.45, 7) is 1.57. The Hall–Kier alpha value is -0.800. The molecule has 2 rings (SSSR count). The van der Waals surface area contributed by atoms with E-state index in [0.717, 1.165) is 17.9 Å². The van der Waals surface area contributed by atoms with Gasteiger partial charge >= 0.3 is 0 Å². The first-order chi connectivity index (χ1) is 6.88. The summed E-state index contributed by atoms with van der Waals surface area (Å²) in [4.78, 5) is 11.9. The molecule has 0 aromatic heterocycles. The smallest absolute Gasteiger partial charge is 0.177 e. The van der Waals surface area contributed by atoms with Crippen molar-refractivity contribution < 1.29 is 4.79 Å². The molecular formula is C11H12NOS. The van der Waals surface area contributed by atoms with Gasteiger partial charge in [0.25, 0.3) is 0 Å². The number of thioether (sulfide) groups is 1. The van der Waals surface area contributed by atoms with Crippen molar-refractivity contribution in [3.05, 3.63) is 35.9 Å². The molecule has 1 aliphatic rings. The highest BCUT2D eigenvalue weighted by molar-refractivity contribution is 8.00. The standard InChI is InChI=1S/C11H12NOS/c13-11(9-4-2-1-3-5-9)10-8-12-6-7-14-10/h1-5,10H,6-8H2. The van der Waals surface area contributed by atoms with Crippen molar-refractivity contribution >= 4 is 17.5 Å². The van der Waals surface area contributed by atoms with Crippen molar-refractivity contribution in [3.8, 4) is 0 Å². The van der Waals surface area contributed by atoms with E-state index in [4.69, 9.17) is 0 Å². The van der Waals surface area contributed by atoms with E-state index in [1.807, 2.05) is 30.3 Å². The lowest BCUT2D eigenvalue weighted by molar-refractivity contribution is 0.0988. The number of ketones is 1. The maximum Gasteiger partial charge on any atom is 0.177 e. The molecule has 0 aliphatic carbocycles. The Morgan fingerprint density at radius 1 is 1.36 bits per heavy atom. The van der Waals surface area contributed by atoms with Crippen molar-refractivity contribution in [1.29, 1.82) is 0 Å². The molecule has 1 saturated heterocycles. The summed E-state index contributed by atoms with van der Waals surface area (Å²) in [5.74, 6) is 1.20. The third kappa shape index (κ3) is 2.16. The second-order valence-corrected chi connectivity index (χ2v) is 4.53. The van der Waals surface area contributed by atoms with Crippen LogP contribution in [0.3, 0.4) is 0 Å². The molecule has 0 saturated carbocycles. The first kappa shape index (κ1) is 9.74. The highest BCUT2D eigenvalue weighted by Crippen LogP contribution is 2.18. The van der Waals surface area contributed by atoms with E-state index in [9.17, 15) is 4.79 Å². The van der Waals surface area contributed by atoms with Crippen LogP contribution in [0.2, 0.25) is 0 Å². The summed E-state index contributed by atoms with van der Waals surface area (Å²) < 4.78 is 0. The highest BCUT2D eigenvalue weighted by Gasteiger charge is 2.22. The minimum absolute atomic E-state index is 0.0474. The average molecular weight is 206 g/mol. The number of carbonyl (C=O) groups excluding carboxylic acids is 1. The molecule has 1 heterocycles. The molecule has 3 heteroatoms. The Bertz CT molecular complexity index is 306. The van der Waals surface area contributed by atoms with E-state index in [1.54, 1.807) is 11.8 Å². The zero-order valence-electron chi connectivity index (χ0n) is 7.85. The van der Waals surface area contributed by atoms with Crippen LogP contribution < -0.4 is 5.32 Å². The van der Waals surface area contributed by atoms with Gasteiger partial charge in [0.15, 0.2) is 5.78 Å². The Kier molecular flexibility index (Phi) is 3.22. The van der Waals surface area contributed by atoms with E-state index in [0.29, 0.717) is 6.54 Å². The minimum Gasteiger partial charge on any atom is -0.293 e. The molecule has 0 bridgehead atoms. The topological polar surface area (TPSA) is 31.2 Å². The second kappa shape index (κ2) is 4.62. The van der Waals surface area contributed by atoms with Gasteiger partial charge in [-0.3, -0.25) is 4.79 Å². The van der Waals surface area contributed by atoms with Crippen molar-refractivity contribution in [2.24, 2.45) is 0 Å². The highest BCUT2D eigenvalue weighted by atomic mass is 32.2. The van der Waals surface area contributed by atoms with Crippen LogP contribution in [-0.2, 0) is 0 Å². The molecule has 1 aromatic rings. The van der Waals surface area contributed by atoms with E-state index >= 15 is 0 Å². The predicted molar refractivity (Wildman–Crippen MR) is 58.9 cm³/mol. The van der Waals surface area contributed by atoms with Crippen molar-refractivity contribution in [3.63, 3.8) is 0 Å². The van der Waals surface area contributed by atoms with E-state index in [2.05, 4.69) is 5.32 Å². The zero-order valence-corrected chi connectivity index (χ0v) is 8.67. The maximum atomic E-state index is 11.9. The van der Waals surface area contributed by atoms with Crippen LogP contribution in [0.15, 0.2) is 30.3 Å². The number of nitrogens with zero attached hydrogens (tertiary/aromatic N) is 1. The summed E-state index contributed by atoms with van der Waals surface area (Å²) in [5.41, 5.74) is 0.808. The molecular weight excluding hydrogens is 194 g/mol. The van der Waals surface area contributed by atoms with Crippen LogP contribution in [-0.4, -0.2) is 29.9 Å². The zero-order chi connectivity index (χ0) is 9.80. The Morgan fingerprint density at radius 3 is 2.79 bits per heavy atom. The van der Waals surface area contributed by atoms with E-state index in [1.165, 1.54) is 0 Å². The molecule has 1 aliphatic heterocycles. The van der Waals surface area contributed by atoms with Gasteiger partial charge in [-0.2, -0.15) is 0 Å². The summed E-state index contributed by atoms with van der Waals surface area (Å²) >= 11 is 1.72. The van der Waals surface area contributed by atoms with Crippen LogP contribution in [0.4, 0.5) is 0 Å². The van der Waals surface area contributed by atoms with Crippen LogP contribution in [0.1, 0.15) is 10.4 Å². The fourth-order valence-electron chi connectivity index (χ4n) is 1.47. The molecule has 2 nitrogen and oxygen atoms in total. The van der Waals surface area contributed by atoms with Crippen molar-refractivity contribution in [2.45, 2.75) is 5.25 Å². The van der Waals surface area contributed by atoms with Gasteiger partial charge in [0.05, 0.1) is 5.25 Å². The lowest BCUT2D eigenvalue weighted by atomic mass is 10.1. The molecule has 14 heavy (non-hydrogen) atoms. The average Bonchev–Trinajstić information content (AvgIpc) is 2.30. The van der Waals surface area contributed by atoms with Gasteiger partial charge < -0.3 is 0 Å². The summed E-state index contributed by atoms with van der Waals surface area (Å²) in [6.07, 6.45) is 0. The SMILES string of the molecule is O=C(c1ccccc1)C1C[N]CCS1. The lowest BCUT2D eigenvalue weighted by Crippen LogP contribution is -2.33. The predicted octanol–water partition coefficient (Wildman–Crippen LogP) is 1.59. The largest absolute Gasteiger partial charge is 0.293 e. The second-order valence-electron chi connectivity index (χ2n) is 3.22. The number of benzene rings is 1. The Labute approximate surface area is 88.1 Å². The summed E-state index contributed by atoms with van der Waals surface area (Å²) in [6, 6.07) is 9.47. The van der Waals surface area contributed by atoms with Gasteiger partial charge in [-0.15, -0.1) is 11.8 Å².